The fourth-order valence-electron chi connectivity index (χ4n) is 5.40. The Bertz CT molecular complexity index is 2130. The second kappa shape index (κ2) is 9.73. The highest BCUT2D eigenvalue weighted by Gasteiger charge is 2.15. The van der Waals surface area contributed by atoms with E-state index in [1.807, 2.05) is 84.3 Å². The third kappa shape index (κ3) is 4.15. The smallest absolute Gasteiger partial charge is 0.164 e. The van der Waals surface area contributed by atoms with Crippen molar-refractivity contribution in [2.75, 3.05) is 0 Å². The van der Waals surface area contributed by atoms with E-state index < -0.39 is 0 Å². The first-order chi connectivity index (χ1) is 20.3. The van der Waals surface area contributed by atoms with Gasteiger partial charge in [-0.1, -0.05) is 115 Å². The maximum Gasteiger partial charge on any atom is 0.164 e. The number of fused-ring (bicyclic) bond motifs is 5. The fourth-order valence-corrected chi connectivity index (χ4v) is 6.63. The summed E-state index contributed by atoms with van der Waals surface area (Å²) in [6.07, 6.45) is 1.87. The number of thiophene rings is 1. The van der Waals surface area contributed by atoms with E-state index in [1.165, 1.54) is 31.1 Å². The van der Waals surface area contributed by atoms with Gasteiger partial charge in [0.05, 0.1) is 10.2 Å². The first-order valence-electron chi connectivity index (χ1n) is 13.5. The van der Waals surface area contributed by atoms with Crippen LogP contribution < -0.4 is 0 Å². The molecule has 4 nitrogen and oxygen atoms in total. The molecule has 0 aliphatic heterocycles. The van der Waals surface area contributed by atoms with Gasteiger partial charge in [0, 0.05) is 38.4 Å². The highest BCUT2D eigenvalue weighted by Crippen LogP contribution is 2.41. The van der Waals surface area contributed by atoms with Crippen LogP contribution in [-0.2, 0) is 0 Å². The summed E-state index contributed by atoms with van der Waals surface area (Å²) in [5, 5.41) is 3.69. The SMILES string of the molecule is c1ccc(-c2nc(-c3ccccc3)nc(-c3ccc(-c4cccc5ccc6c7ncccc7sc6c45)cc3)n2)cc1. The highest BCUT2D eigenvalue weighted by molar-refractivity contribution is 7.26. The third-order valence-corrected chi connectivity index (χ3v) is 8.57. The number of nitrogens with zero attached hydrogens (tertiary/aromatic N) is 4. The molecule has 0 fully saturated rings. The van der Waals surface area contributed by atoms with Gasteiger partial charge in [0.1, 0.15) is 0 Å². The average Bonchev–Trinajstić information content (AvgIpc) is 3.44. The topological polar surface area (TPSA) is 51.6 Å². The minimum atomic E-state index is 0.653. The Balaban J connectivity index is 1.26. The number of aromatic nitrogens is 4. The minimum absolute atomic E-state index is 0.653. The van der Waals surface area contributed by atoms with Crippen LogP contribution >= 0.6 is 11.3 Å². The summed E-state index contributed by atoms with van der Waals surface area (Å²) in [6.45, 7) is 0. The lowest BCUT2D eigenvalue weighted by Crippen LogP contribution is -2.00. The molecule has 0 saturated carbocycles. The van der Waals surface area contributed by atoms with Crippen molar-refractivity contribution in [3.05, 3.63) is 134 Å². The summed E-state index contributed by atoms with van der Waals surface area (Å²) in [5.41, 5.74) is 6.29. The molecule has 0 spiro atoms. The monoisotopic (exact) mass is 542 g/mol. The van der Waals surface area contributed by atoms with Crippen LogP contribution in [0.15, 0.2) is 134 Å². The molecule has 0 N–H and O–H groups in total. The molecule has 0 aliphatic carbocycles. The normalized spacial score (nSPS) is 11.4. The Hall–Kier alpha value is -5.26. The van der Waals surface area contributed by atoms with Gasteiger partial charge < -0.3 is 0 Å². The molecular weight excluding hydrogens is 520 g/mol. The van der Waals surface area contributed by atoms with Crippen molar-refractivity contribution in [2.45, 2.75) is 0 Å². The van der Waals surface area contributed by atoms with Gasteiger partial charge in [0.15, 0.2) is 17.5 Å². The highest BCUT2D eigenvalue weighted by atomic mass is 32.1. The second-order valence-electron chi connectivity index (χ2n) is 9.91. The van der Waals surface area contributed by atoms with Crippen LogP contribution in [0.1, 0.15) is 0 Å². The van der Waals surface area contributed by atoms with Gasteiger partial charge in [-0.2, -0.15) is 0 Å². The van der Waals surface area contributed by atoms with E-state index in [2.05, 4.69) is 65.6 Å². The summed E-state index contributed by atoms with van der Waals surface area (Å²) in [7, 11) is 0. The Morgan fingerprint density at radius 2 is 1.07 bits per heavy atom. The second-order valence-corrected chi connectivity index (χ2v) is 11.0. The van der Waals surface area contributed by atoms with Crippen LogP contribution in [0.3, 0.4) is 0 Å². The molecule has 3 heterocycles. The summed E-state index contributed by atoms with van der Waals surface area (Å²) < 4.78 is 2.48. The summed E-state index contributed by atoms with van der Waals surface area (Å²) >= 11 is 1.81. The van der Waals surface area contributed by atoms with E-state index in [4.69, 9.17) is 15.0 Å². The van der Waals surface area contributed by atoms with Crippen molar-refractivity contribution < 1.29 is 0 Å². The average molecular weight is 543 g/mol. The molecule has 8 aromatic rings. The Morgan fingerprint density at radius 3 is 1.73 bits per heavy atom. The zero-order valence-corrected chi connectivity index (χ0v) is 22.7. The first kappa shape index (κ1) is 23.6. The zero-order chi connectivity index (χ0) is 27.2. The lowest BCUT2D eigenvalue weighted by atomic mass is 9.96. The number of hydrogen-bond acceptors (Lipinski definition) is 5. The van der Waals surface area contributed by atoms with Crippen LogP contribution in [0.2, 0.25) is 0 Å². The van der Waals surface area contributed by atoms with E-state index in [1.54, 1.807) is 0 Å². The first-order valence-corrected chi connectivity index (χ1v) is 14.3. The lowest BCUT2D eigenvalue weighted by Gasteiger charge is -2.10. The van der Waals surface area contributed by atoms with Gasteiger partial charge in [-0.05, 0) is 28.6 Å². The quantitative estimate of drug-likeness (QED) is 0.222. The van der Waals surface area contributed by atoms with E-state index in [-0.39, 0.29) is 0 Å². The number of hydrogen-bond donors (Lipinski definition) is 0. The van der Waals surface area contributed by atoms with Gasteiger partial charge in [-0.25, -0.2) is 15.0 Å². The number of rotatable bonds is 4. The van der Waals surface area contributed by atoms with Crippen molar-refractivity contribution in [1.29, 1.82) is 0 Å². The van der Waals surface area contributed by atoms with Gasteiger partial charge >= 0.3 is 0 Å². The van der Waals surface area contributed by atoms with Crippen LogP contribution in [0.4, 0.5) is 0 Å². The predicted molar refractivity (Wildman–Crippen MR) is 170 cm³/mol. The third-order valence-electron chi connectivity index (χ3n) is 7.39. The largest absolute Gasteiger partial charge is 0.255 e. The molecular formula is C36H22N4S. The van der Waals surface area contributed by atoms with Crippen molar-refractivity contribution in [3.63, 3.8) is 0 Å². The molecule has 8 rings (SSSR count). The number of pyridine rings is 1. The van der Waals surface area contributed by atoms with E-state index in [9.17, 15) is 0 Å². The van der Waals surface area contributed by atoms with Crippen LogP contribution in [0.5, 0.6) is 0 Å². The summed E-state index contributed by atoms with van der Waals surface area (Å²) in [4.78, 5) is 19.3. The van der Waals surface area contributed by atoms with Gasteiger partial charge in [0.2, 0.25) is 0 Å². The molecule has 192 valence electrons. The molecule has 0 aliphatic rings. The minimum Gasteiger partial charge on any atom is -0.255 e. The predicted octanol–water partition coefficient (Wildman–Crippen LogP) is 9.46. The van der Waals surface area contributed by atoms with E-state index in [0.29, 0.717) is 17.5 Å². The molecule has 0 bridgehead atoms. The Morgan fingerprint density at radius 1 is 0.463 bits per heavy atom. The fraction of sp³-hybridized carbons (Fsp3) is 0. The van der Waals surface area contributed by atoms with Gasteiger partial charge in [0.25, 0.3) is 0 Å². The molecule has 0 unspecified atom stereocenters. The lowest BCUT2D eigenvalue weighted by molar-refractivity contribution is 1.07. The zero-order valence-electron chi connectivity index (χ0n) is 21.9. The molecule has 0 amide bonds. The molecule has 0 saturated heterocycles. The maximum atomic E-state index is 4.89. The van der Waals surface area contributed by atoms with E-state index >= 15 is 0 Å². The van der Waals surface area contributed by atoms with Crippen LogP contribution in [-0.4, -0.2) is 19.9 Å². The summed E-state index contributed by atoms with van der Waals surface area (Å²) in [6, 6.07) is 43.8. The van der Waals surface area contributed by atoms with Crippen LogP contribution in [0, 0.1) is 0 Å². The van der Waals surface area contributed by atoms with Gasteiger partial charge in [-0.3, -0.25) is 4.98 Å². The molecule has 3 aromatic heterocycles. The Kier molecular flexibility index (Phi) is 5.61. The number of benzene rings is 5. The standard InChI is InChI=1S/C36H22N4S/c1-3-9-25(10-4-1)34-38-35(26-11-5-2-6-12-26)40-36(39-34)27-18-16-23(17-19-27)28-14-7-13-24-20-21-29-32-30(15-8-22-37-32)41-33(29)31(24)28/h1-22H. The summed E-state index contributed by atoms with van der Waals surface area (Å²) in [5.74, 6) is 1.97. The molecule has 0 atom stereocenters. The van der Waals surface area contributed by atoms with Crippen molar-refractivity contribution in [3.8, 4) is 45.3 Å². The van der Waals surface area contributed by atoms with Crippen LogP contribution in [0.25, 0.3) is 76.4 Å². The van der Waals surface area contributed by atoms with Gasteiger partial charge in [-0.15, -0.1) is 11.3 Å². The van der Waals surface area contributed by atoms with E-state index in [0.717, 1.165) is 27.8 Å². The molecule has 5 heteroatoms. The van der Waals surface area contributed by atoms with Crippen molar-refractivity contribution >= 4 is 42.4 Å². The molecule has 5 aromatic carbocycles. The maximum absolute atomic E-state index is 4.89. The van der Waals surface area contributed by atoms with Crippen molar-refractivity contribution in [2.24, 2.45) is 0 Å². The molecule has 0 radical (unpaired) electrons. The Labute approximate surface area is 240 Å². The van der Waals surface area contributed by atoms with Crippen molar-refractivity contribution in [1.82, 2.24) is 19.9 Å². The molecule has 41 heavy (non-hydrogen) atoms.